The predicted octanol–water partition coefficient (Wildman–Crippen LogP) is 3.89. The number of nitrogens with one attached hydrogen (secondary N) is 2. The lowest BCUT2D eigenvalue weighted by molar-refractivity contribution is -0.388. The molecule has 8 heteroatoms. The van der Waals surface area contributed by atoms with Crippen molar-refractivity contribution >= 4 is 22.4 Å². The van der Waals surface area contributed by atoms with Gasteiger partial charge in [0.25, 0.3) is 0 Å². The molecule has 5 rings (SSSR count). The first-order chi connectivity index (χ1) is 14.6. The lowest BCUT2D eigenvalue weighted by atomic mass is 9.98. The summed E-state index contributed by atoms with van der Waals surface area (Å²) in [6.07, 6.45) is 7.26. The highest BCUT2D eigenvalue weighted by atomic mass is 16.6. The molecule has 0 bridgehead atoms. The number of nitrogens with zero attached hydrogens (tertiary/aromatic N) is 4. The fourth-order valence-electron chi connectivity index (χ4n) is 4.13. The Morgan fingerprint density at radius 1 is 1.00 bits per heavy atom. The molecule has 0 amide bonds. The largest absolute Gasteiger partial charge is 0.371 e. The van der Waals surface area contributed by atoms with Crippen molar-refractivity contribution < 1.29 is 4.92 Å². The highest BCUT2D eigenvalue weighted by Gasteiger charge is 2.25. The van der Waals surface area contributed by atoms with Gasteiger partial charge in [0.15, 0.2) is 6.20 Å². The Morgan fingerprint density at radius 3 is 2.50 bits per heavy atom. The van der Waals surface area contributed by atoms with Gasteiger partial charge < -0.3 is 29.9 Å². The van der Waals surface area contributed by atoms with Crippen molar-refractivity contribution in [2.45, 2.75) is 0 Å². The molecule has 4 aromatic rings. The van der Waals surface area contributed by atoms with Crippen LogP contribution in [0, 0.1) is 10.1 Å². The van der Waals surface area contributed by atoms with Crippen molar-refractivity contribution in [2.24, 2.45) is 0 Å². The van der Waals surface area contributed by atoms with Crippen LogP contribution < -0.4 is 4.90 Å². The van der Waals surface area contributed by atoms with Gasteiger partial charge in [-0.2, -0.15) is 0 Å². The molecule has 4 heterocycles. The number of aromatic amines is 2. The van der Waals surface area contributed by atoms with E-state index in [9.17, 15) is 10.1 Å². The number of fused-ring (bicyclic) bond motifs is 1. The first kappa shape index (κ1) is 18.4. The normalized spacial score (nSPS) is 15.0. The molecule has 0 aliphatic carbocycles. The molecular weight excluding hydrogens is 380 g/mol. The van der Waals surface area contributed by atoms with Crippen molar-refractivity contribution in [3.05, 3.63) is 65.2 Å². The Kier molecular flexibility index (Phi) is 4.48. The number of anilines is 1. The van der Waals surface area contributed by atoms with Crippen LogP contribution >= 0.6 is 0 Å². The van der Waals surface area contributed by atoms with Crippen LogP contribution in [0.2, 0.25) is 0 Å². The third-order valence-corrected chi connectivity index (χ3v) is 5.81. The number of likely N-dealkylation sites (N-methyl/N-ethyl adjacent to an activating group) is 1. The van der Waals surface area contributed by atoms with Crippen LogP contribution in [-0.4, -0.2) is 58.0 Å². The third-order valence-electron chi connectivity index (χ3n) is 5.81. The van der Waals surface area contributed by atoms with E-state index < -0.39 is 4.92 Å². The minimum absolute atomic E-state index is 0.131. The van der Waals surface area contributed by atoms with Crippen LogP contribution in [0.5, 0.6) is 0 Å². The van der Waals surface area contributed by atoms with Gasteiger partial charge in [0.2, 0.25) is 0 Å². The average Bonchev–Trinajstić information content (AvgIpc) is 3.40. The first-order valence-corrected chi connectivity index (χ1v) is 9.93. The second-order valence-corrected chi connectivity index (χ2v) is 7.64. The zero-order chi connectivity index (χ0) is 20.7. The van der Waals surface area contributed by atoms with E-state index in [4.69, 9.17) is 0 Å². The molecule has 3 aromatic heterocycles. The fraction of sp³-hybridized carbons (Fsp3) is 0.227. The van der Waals surface area contributed by atoms with Crippen LogP contribution in [0.1, 0.15) is 0 Å². The molecular formula is C22H22N6O2. The van der Waals surface area contributed by atoms with Gasteiger partial charge in [-0.25, -0.2) is 0 Å². The maximum atomic E-state index is 11.8. The third kappa shape index (κ3) is 3.11. The molecule has 0 atom stereocenters. The molecule has 0 spiro atoms. The lowest BCUT2D eigenvalue weighted by Gasteiger charge is -2.33. The number of hydrogen-bond donors (Lipinski definition) is 2. The molecule has 0 radical (unpaired) electrons. The summed E-state index contributed by atoms with van der Waals surface area (Å²) in [5, 5.41) is 12.8. The summed E-state index contributed by atoms with van der Waals surface area (Å²) in [5.41, 5.74) is 5.15. The summed E-state index contributed by atoms with van der Waals surface area (Å²) < 4.78 is 0. The van der Waals surface area contributed by atoms with Crippen molar-refractivity contribution in [3.63, 3.8) is 0 Å². The van der Waals surface area contributed by atoms with Gasteiger partial charge in [-0.15, -0.1) is 0 Å². The number of aromatic nitrogens is 3. The first-order valence-electron chi connectivity index (χ1n) is 9.93. The van der Waals surface area contributed by atoms with Gasteiger partial charge in [-0.1, -0.05) is 18.2 Å². The van der Waals surface area contributed by atoms with Gasteiger partial charge >= 0.3 is 5.82 Å². The fourth-order valence-corrected chi connectivity index (χ4v) is 4.13. The number of nitro groups is 1. The Labute approximate surface area is 173 Å². The Morgan fingerprint density at radius 2 is 1.73 bits per heavy atom. The number of hydrogen-bond acceptors (Lipinski definition) is 5. The molecule has 0 saturated carbocycles. The number of rotatable bonds is 4. The molecule has 8 nitrogen and oxygen atoms in total. The van der Waals surface area contributed by atoms with E-state index in [1.165, 1.54) is 0 Å². The predicted molar refractivity (Wildman–Crippen MR) is 118 cm³/mol. The quantitative estimate of drug-likeness (QED) is 0.399. The number of para-hydroxylation sites is 1. The van der Waals surface area contributed by atoms with Gasteiger partial charge in [0.05, 0.1) is 11.3 Å². The van der Waals surface area contributed by atoms with Gasteiger partial charge in [0.1, 0.15) is 0 Å². The van der Waals surface area contributed by atoms with Crippen molar-refractivity contribution in [1.29, 1.82) is 0 Å². The SMILES string of the molecule is CN1CCN(c2cnc([N+](=O)[O-])c(-c3c[nH]cc3-c3c[nH]c4ccccc34)c2)CC1. The van der Waals surface area contributed by atoms with Gasteiger partial charge in [-0.3, -0.25) is 0 Å². The molecule has 1 aliphatic rings. The summed E-state index contributed by atoms with van der Waals surface area (Å²) in [6, 6.07) is 9.94. The molecule has 1 aliphatic heterocycles. The van der Waals surface area contributed by atoms with Crippen LogP contribution in [0.3, 0.4) is 0 Å². The minimum atomic E-state index is -0.408. The van der Waals surface area contributed by atoms with Crippen LogP contribution in [-0.2, 0) is 0 Å². The Bertz CT molecular complexity index is 1220. The molecule has 152 valence electrons. The molecule has 1 aromatic carbocycles. The van der Waals surface area contributed by atoms with E-state index in [0.29, 0.717) is 5.56 Å². The smallest absolute Gasteiger partial charge is 0.366 e. The van der Waals surface area contributed by atoms with Crippen molar-refractivity contribution in [1.82, 2.24) is 19.9 Å². The Balaban J connectivity index is 1.63. The summed E-state index contributed by atoms with van der Waals surface area (Å²) in [7, 11) is 2.10. The second-order valence-electron chi connectivity index (χ2n) is 7.64. The van der Waals surface area contributed by atoms with Crippen LogP contribution in [0.15, 0.2) is 55.1 Å². The second kappa shape index (κ2) is 7.31. The zero-order valence-corrected chi connectivity index (χ0v) is 16.6. The van der Waals surface area contributed by atoms with Crippen LogP contribution in [0.25, 0.3) is 33.2 Å². The maximum Gasteiger partial charge on any atom is 0.371 e. The number of piperazine rings is 1. The number of benzene rings is 1. The summed E-state index contributed by atoms with van der Waals surface area (Å²) in [5.74, 6) is -0.131. The van der Waals surface area contributed by atoms with E-state index in [-0.39, 0.29) is 5.82 Å². The minimum Gasteiger partial charge on any atom is -0.366 e. The summed E-state index contributed by atoms with van der Waals surface area (Å²) >= 11 is 0. The van der Waals surface area contributed by atoms with Gasteiger partial charge in [0, 0.05) is 72.4 Å². The summed E-state index contributed by atoms with van der Waals surface area (Å²) in [6.45, 7) is 3.66. The summed E-state index contributed by atoms with van der Waals surface area (Å²) in [4.78, 5) is 26.5. The standard InChI is InChI=1S/C22H22N6O2/c1-26-6-8-27(9-7-26)15-10-17(22(25-11-15)28(29)30)18-12-23-13-19(18)20-14-24-21-5-3-2-4-16(20)21/h2-5,10-14,23-24H,6-9H2,1H3. The number of pyridine rings is 1. The highest BCUT2D eigenvalue weighted by molar-refractivity contribution is 6.00. The Hall–Kier alpha value is -3.65. The molecule has 2 N–H and O–H groups in total. The van der Waals surface area contributed by atoms with Crippen molar-refractivity contribution in [2.75, 3.05) is 38.1 Å². The van der Waals surface area contributed by atoms with Crippen molar-refractivity contribution in [3.8, 4) is 22.3 Å². The molecule has 30 heavy (non-hydrogen) atoms. The highest BCUT2D eigenvalue weighted by Crippen LogP contribution is 2.40. The average molecular weight is 402 g/mol. The van der Waals surface area contributed by atoms with E-state index in [0.717, 1.165) is 59.5 Å². The molecule has 1 saturated heterocycles. The van der Waals surface area contributed by atoms with E-state index in [1.54, 1.807) is 6.20 Å². The van der Waals surface area contributed by atoms with Gasteiger partial charge in [-0.05, 0) is 29.1 Å². The monoisotopic (exact) mass is 402 g/mol. The lowest BCUT2D eigenvalue weighted by Crippen LogP contribution is -2.44. The number of H-pyrrole nitrogens is 2. The topological polar surface area (TPSA) is 94.1 Å². The molecule has 1 fully saturated rings. The zero-order valence-electron chi connectivity index (χ0n) is 16.6. The maximum absolute atomic E-state index is 11.8. The van der Waals surface area contributed by atoms with E-state index >= 15 is 0 Å². The van der Waals surface area contributed by atoms with E-state index in [2.05, 4.69) is 31.8 Å². The van der Waals surface area contributed by atoms with E-state index in [1.807, 2.05) is 48.9 Å². The molecule has 0 unspecified atom stereocenters. The van der Waals surface area contributed by atoms with Crippen LogP contribution in [0.4, 0.5) is 11.5 Å².